The third kappa shape index (κ3) is 5.03. The summed E-state index contributed by atoms with van der Waals surface area (Å²) in [4.78, 5) is 16.7. The van der Waals surface area contributed by atoms with Crippen LogP contribution in [-0.2, 0) is 14.8 Å². The third-order valence-corrected chi connectivity index (χ3v) is 6.32. The van der Waals surface area contributed by atoms with Gasteiger partial charge in [-0.15, -0.1) is 0 Å². The Morgan fingerprint density at radius 2 is 1.81 bits per heavy atom. The van der Waals surface area contributed by atoms with Crippen LogP contribution in [0, 0.1) is 0 Å². The minimum Gasteiger partial charge on any atom is -0.379 e. The second-order valence-corrected chi connectivity index (χ2v) is 8.50. The number of nitrogens with one attached hydrogen (secondary N) is 1. The highest BCUT2D eigenvalue weighted by Crippen LogP contribution is 2.16. The summed E-state index contributed by atoms with van der Waals surface area (Å²) in [5.74, 6) is -0.0879. The van der Waals surface area contributed by atoms with Crippen LogP contribution >= 0.6 is 0 Å². The molecule has 0 atom stereocenters. The van der Waals surface area contributed by atoms with Crippen LogP contribution in [0.3, 0.4) is 0 Å². The van der Waals surface area contributed by atoms with Gasteiger partial charge in [0.2, 0.25) is 10.0 Å². The molecule has 2 heterocycles. The maximum atomic E-state index is 12.6. The van der Waals surface area contributed by atoms with Crippen LogP contribution in [-0.4, -0.2) is 76.6 Å². The highest BCUT2D eigenvalue weighted by Gasteiger charge is 2.21. The van der Waals surface area contributed by atoms with Crippen molar-refractivity contribution in [1.29, 1.82) is 0 Å². The van der Waals surface area contributed by atoms with Gasteiger partial charge in [-0.1, -0.05) is 6.07 Å². The first-order valence-electron chi connectivity index (χ1n) is 9.25. The van der Waals surface area contributed by atoms with E-state index in [1.54, 1.807) is 17.0 Å². The summed E-state index contributed by atoms with van der Waals surface area (Å²) >= 11 is 0. The van der Waals surface area contributed by atoms with Crippen molar-refractivity contribution < 1.29 is 17.9 Å². The first kappa shape index (κ1) is 19.3. The van der Waals surface area contributed by atoms with Gasteiger partial charge in [-0.2, -0.15) is 0 Å². The van der Waals surface area contributed by atoms with Crippen LogP contribution < -0.4 is 4.72 Å². The average molecular weight is 381 g/mol. The first-order valence-corrected chi connectivity index (χ1v) is 10.7. The van der Waals surface area contributed by atoms with E-state index in [1.165, 1.54) is 12.1 Å². The third-order valence-electron chi connectivity index (χ3n) is 4.86. The number of carbonyl (C=O) groups excluding carboxylic acids is 1. The lowest BCUT2D eigenvalue weighted by molar-refractivity contribution is 0.0390. The Morgan fingerprint density at radius 3 is 2.54 bits per heavy atom. The number of amides is 1. The molecule has 1 aromatic carbocycles. The molecule has 26 heavy (non-hydrogen) atoms. The number of carbonyl (C=O) groups is 1. The number of benzene rings is 1. The van der Waals surface area contributed by atoms with Crippen LogP contribution in [0.1, 0.15) is 29.6 Å². The van der Waals surface area contributed by atoms with E-state index >= 15 is 0 Å². The topological polar surface area (TPSA) is 79.0 Å². The van der Waals surface area contributed by atoms with Gasteiger partial charge in [0, 0.05) is 44.8 Å². The number of nitrogens with zero attached hydrogens (tertiary/aromatic N) is 2. The highest BCUT2D eigenvalue weighted by molar-refractivity contribution is 7.89. The van der Waals surface area contributed by atoms with Crippen LogP contribution in [0.5, 0.6) is 0 Å². The van der Waals surface area contributed by atoms with Crippen molar-refractivity contribution in [3.63, 3.8) is 0 Å². The van der Waals surface area contributed by atoms with E-state index in [4.69, 9.17) is 4.74 Å². The number of rotatable bonds is 6. The van der Waals surface area contributed by atoms with E-state index in [-0.39, 0.29) is 10.8 Å². The zero-order valence-corrected chi connectivity index (χ0v) is 15.8. The molecule has 2 aliphatic heterocycles. The SMILES string of the molecule is O=C(c1cccc(S(=O)(=O)NCCN2CCOCC2)c1)N1CCCCC1. The van der Waals surface area contributed by atoms with Gasteiger partial charge in [0.05, 0.1) is 18.1 Å². The molecule has 2 saturated heterocycles. The van der Waals surface area contributed by atoms with E-state index in [1.807, 2.05) is 0 Å². The lowest BCUT2D eigenvalue weighted by atomic mass is 10.1. The molecule has 8 heteroatoms. The molecule has 3 rings (SSSR count). The summed E-state index contributed by atoms with van der Waals surface area (Å²) in [6.07, 6.45) is 3.16. The van der Waals surface area contributed by atoms with E-state index in [9.17, 15) is 13.2 Å². The van der Waals surface area contributed by atoms with E-state index in [0.717, 1.165) is 45.4 Å². The molecule has 2 fully saturated rings. The Kier molecular flexibility index (Phi) is 6.63. The predicted octanol–water partition coefficient (Wildman–Crippen LogP) is 0.923. The Hall–Kier alpha value is -1.48. The van der Waals surface area contributed by atoms with Crippen molar-refractivity contribution in [1.82, 2.24) is 14.5 Å². The number of morpholine rings is 1. The van der Waals surface area contributed by atoms with Crippen molar-refractivity contribution in [2.45, 2.75) is 24.2 Å². The lowest BCUT2D eigenvalue weighted by Gasteiger charge is -2.27. The minimum absolute atomic E-state index is 0.0879. The molecule has 0 aliphatic carbocycles. The Balaban J connectivity index is 1.61. The summed E-state index contributed by atoms with van der Waals surface area (Å²) < 4.78 is 33.0. The van der Waals surface area contributed by atoms with Crippen molar-refractivity contribution in [2.75, 3.05) is 52.5 Å². The van der Waals surface area contributed by atoms with Gasteiger partial charge < -0.3 is 9.64 Å². The standard InChI is InChI=1S/C18H27N3O4S/c22-18(21-8-2-1-3-9-21)16-5-4-6-17(15-16)26(23,24)19-7-10-20-11-13-25-14-12-20/h4-6,15,19H,1-3,7-14H2. The zero-order valence-electron chi connectivity index (χ0n) is 15.0. The summed E-state index contributed by atoms with van der Waals surface area (Å²) in [5, 5.41) is 0. The number of hydrogen-bond donors (Lipinski definition) is 1. The Labute approximate surface area is 155 Å². The van der Waals surface area contributed by atoms with Gasteiger partial charge >= 0.3 is 0 Å². The fraction of sp³-hybridized carbons (Fsp3) is 0.611. The number of piperidine rings is 1. The average Bonchev–Trinajstić information content (AvgIpc) is 2.69. The minimum atomic E-state index is -3.63. The Bertz CT molecular complexity index is 711. The molecule has 0 spiro atoms. The molecule has 2 aliphatic rings. The summed E-state index contributed by atoms with van der Waals surface area (Å²) in [6.45, 7) is 5.49. The summed E-state index contributed by atoms with van der Waals surface area (Å²) in [7, 11) is -3.63. The van der Waals surface area contributed by atoms with E-state index in [0.29, 0.717) is 31.9 Å². The van der Waals surface area contributed by atoms with Crippen LogP contribution in [0.4, 0.5) is 0 Å². The van der Waals surface area contributed by atoms with E-state index in [2.05, 4.69) is 9.62 Å². The number of sulfonamides is 1. The second kappa shape index (κ2) is 8.94. The monoisotopic (exact) mass is 381 g/mol. The van der Waals surface area contributed by atoms with Gasteiger partial charge in [0.25, 0.3) is 5.91 Å². The molecule has 0 radical (unpaired) electrons. The van der Waals surface area contributed by atoms with Gasteiger partial charge in [-0.25, -0.2) is 13.1 Å². The largest absolute Gasteiger partial charge is 0.379 e. The number of likely N-dealkylation sites (tertiary alicyclic amines) is 1. The second-order valence-electron chi connectivity index (χ2n) is 6.73. The van der Waals surface area contributed by atoms with Crippen LogP contribution in [0.25, 0.3) is 0 Å². The quantitative estimate of drug-likeness (QED) is 0.793. The molecule has 1 aromatic rings. The lowest BCUT2D eigenvalue weighted by Crippen LogP contribution is -2.41. The smallest absolute Gasteiger partial charge is 0.253 e. The van der Waals surface area contributed by atoms with Gasteiger partial charge in [0.15, 0.2) is 0 Å². The van der Waals surface area contributed by atoms with Crippen LogP contribution in [0.2, 0.25) is 0 Å². The van der Waals surface area contributed by atoms with Crippen molar-refractivity contribution >= 4 is 15.9 Å². The molecule has 0 aromatic heterocycles. The summed E-state index contributed by atoms with van der Waals surface area (Å²) in [5.41, 5.74) is 0.433. The predicted molar refractivity (Wildman–Crippen MR) is 98.6 cm³/mol. The van der Waals surface area contributed by atoms with Crippen molar-refractivity contribution in [3.05, 3.63) is 29.8 Å². The Morgan fingerprint density at radius 1 is 1.08 bits per heavy atom. The molecule has 0 bridgehead atoms. The van der Waals surface area contributed by atoms with Gasteiger partial charge in [0.1, 0.15) is 0 Å². The molecule has 0 saturated carbocycles. The van der Waals surface area contributed by atoms with Gasteiger partial charge in [-0.3, -0.25) is 9.69 Å². The molecular weight excluding hydrogens is 354 g/mol. The molecule has 7 nitrogen and oxygen atoms in total. The van der Waals surface area contributed by atoms with Crippen molar-refractivity contribution in [3.8, 4) is 0 Å². The first-order chi connectivity index (χ1) is 12.6. The maximum Gasteiger partial charge on any atom is 0.253 e. The molecular formula is C18H27N3O4S. The molecule has 144 valence electrons. The summed E-state index contributed by atoms with van der Waals surface area (Å²) in [6, 6.07) is 6.33. The molecule has 1 N–H and O–H groups in total. The fourth-order valence-corrected chi connectivity index (χ4v) is 4.39. The molecule has 1 amide bonds. The molecule has 0 unspecified atom stereocenters. The number of ether oxygens (including phenoxy) is 1. The maximum absolute atomic E-state index is 12.6. The van der Waals surface area contributed by atoms with Gasteiger partial charge in [-0.05, 0) is 37.5 Å². The van der Waals surface area contributed by atoms with E-state index < -0.39 is 10.0 Å². The number of hydrogen-bond acceptors (Lipinski definition) is 5. The highest BCUT2D eigenvalue weighted by atomic mass is 32.2. The fourth-order valence-electron chi connectivity index (χ4n) is 3.32. The van der Waals surface area contributed by atoms with Crippen molar-refractivity contribution in [2.24, 2.45) is 0 Å². The zero-order chi connectivity index (χ0) is 18.4. The van der Waals surface area contributed by atoms with Crippen LogP contribution in [0.15, 0.2) is 29.2 Å². The normalized spacial score (nSPS) is 19.5.